The highest BCUT2D eigenvalue weighted by Crippen LogP contribution is 2.32. The van der Waals surface area contributed by atoms with Gasteiger partial charge in [-0.2, -0.15) is 0 Å². The zero-order valence-corrected chi connectivity index (χ0v) is 11.1. The van der Waals surface area contributed by atoms with Crippen LogP contribution in [-0.2, 0) is 13.0 Å². The molecule has 2 N–H and O–H groups in total. The van der Waals surface area contributed by atoms with E-state index in [2.05, 4.69) is 4.90 Å². The Kier molecular flexibility index (Phi) is 3.30. The number of nitrogens with zero attached hydrogens (tertiary/aromatic N) is 1. The van der Waals surface area contributed by atoms with Crippen molar-refractivity contribution in [3.8, 4) is 0 Å². The second-order valence-electron chi connectivity index (χ2n) is 5.15. The quantitative estimate of drug-likeness (QED) is 0.849. The molecule has 0 atom stereocenters. The highest BCUT2D eigenvalue weighted by Gasteiger charge is 2.18. The van der Waals surface area contributed by atoms with E-state index in [1.807, 2.05) is 18.2 Å². The van der Waals surface area contributed by atoms with Crippen LogP contribution < -0.4 is 10.6 Å². The van der Waals surface area contributed by atoms with Crippen molar-refractivity contribution in [1.82, 2.24) is 0 Å². The molecule has 0 aromatic heterocycles. The Bertz CT molecular complexity index is 620. The van der Waals surface area contributed by atoms with Crippen molar-refractivity contribution in [1.29, 1.82) is 0 Å². The number of nitrogen functional groups attached to an aromatic ring is 1. The fourth-order valence-corrected chi connectivity index (χ4v) is 2.81. The molecule has 0 aliphatic carbocycles. The van der Waals surface area contributed by atoms with Gasteiger partial charge in [-0.15, -0.1) is 0 Å². The molecule has 0 saturated heterocycles. The molecule has 2 nitrogen and oxygen atoms in total. The van der Waals surface area contributed by atoms with Gasteiger partial charge in [-0.3, -0.25) is 0 Å². The second-order valence-corrected chi connectivity index (χ2v) is 5.15. The molecule has 104 valence electrons. The summed E-state index contributed by atoms with van der Waals surface area (Å²) in [6.07, 6.45) is 1.95. The fraction of sp³-hybridized carbons (Fsp3) is 0.250. The predicted octanol–water partition coefficient (Wildman–Crippen LogP) is 3.50. The Morgan fingerprint density at radius 1 is 1.10 bits per heavy atom. The molecule has 0 amide bonds. The lowest BCUT2D eigenvalue weighted by Gasteiger charge is -2.32. The first kappa shape index (κ1) is 12.9. The zero-order chi connectivity index (χ0) is 14.1. The third-order valence-electron chi connectivity index (χ3n) is 3.68. The highest BCUT2D eigenvalue weighted by atomic mass is 19.1. The van der Waals surface area contributed by atoms with Crippen molar-refractivity contribution in [2.45, 2.75) is 19.4 Å². The topological polar surface area (TPSA) is 29.3 Å². The van der Waals surface area contributed by atoms with E-state index in [-0.39, 0.29) is 0 Å². The van der Waals surface area contributed by atoms with E-state index in [1.54, 1.807) is 0 Å². The molecule has 0 bridgehead atoms. The van der Waals surface area contributed by atoms with Gasteiger partial charge in [0.15, 0.2) is 0 Å². The summed E-state index contributed by atoms with van der Waals surface area (Å²) in [6.45, 7) is 1.36. The Morgan fingerprint density at radius 3 is 2.60 bits per heavy atom. The second kappa shape index (κ2) is 5.12. The molecule has 0 radical (unpaired) electrons. The van der Waals surface area contributed by atoms with E-state index >= 15 is 0 Å². The number of rotatable bonds is 2. The van der Waals surface area contributed by atoms with Crippen molar-refractivity contribution < 1.29 is 8.78 Å². The van der Waals surface area contributed by atoms with E-state index < -0.39 is 11.6 Å². The minimum atomic E-state index is -0.537. The maximum atomic E-state index is 13.3. The van der Waals surface area contributed by atoms with Crippen LogP contribution in [0.25, 0.3) is 0 Å². The van der Waals surface area contributed by atoms with E-state index in [4.69, 9.17) is 5.73 Å². The summed E-state index contributed by atoms with van der Waals surface area (Å²) < 4.78 is 26.5. The fourth-order valence-electron chi connectivity index (χ4n) is 2.81. The van der Waals surface area contributed by atoms with Gasteiger partial charge >= 0.3 is 0 Å². The molecule has 2 aromatic rings. The molecular weight excluding hydrogens is 258 g/mol. The van der Waals surface area contributed by atoms with Crippen LogP contribution >= 0.6 is 0 Å². The van der Waals surface area contributed by atoms with Gasteiger partial charge in [-0.1, -0.05) is 6.07 Å². The lowest BCUT2D eigenvalue weighted by molar-refractivity contribution is 0.577. The third kappa shape index (κ3) is 2.46. The van der Waals surface area contributed by atoms with Gasteiger partial charge < -0.3 is 10.6 Å². The molecule has 4 heteroatoms. The van der Waals surface area contributed by atoms with Crippen LogP contribution in [0, 0.1) is 11.6 Å². The SMILES string of the molecule is Nc1cccc2c1CCCN2Cc1cc(F)cc(F)c1. The Hall–Kier alpha value is -2.10. The first-order valence-corrected chi connectivity index (χ1v) is 6.71. The molecule has 20 heavy (non-hydrogen) atoms. The maximum Gasteiger partial charge on any atom is 0.126 e. The van der Waals surface area contributed by atoms with Crippen molar-refractivity contribution in [2.24, 2.45) is 0 Å². The number of benzene rings is 2. The smallest absolute Gasteiger partial charge is 0.126 e. The van der Waals surface area contributed by atoms with Gasteiger partial charge in [-0.05, 0) is 48.2 Å². The van der Waals surface area contributed by atoms with Crippen LogP contribution in [0.1, 0.15) is 17.5 Å². The van der Waals surface area contributed by atoms with Gasteiger partial charge in [0.1, 0.15) is 11.6 Å². The van der Waals surface area contributed by atoms with E-state index in [0.29, 0.717) is 12.1 Å². The van der Waals surface area contributed by atoms with Crippen LogP contribution in [0.3, 0.4) is 0 Å². The molecule has 3 rings (SSSR count). The summed E-state index contributed by atoms with van der Waals surface area (Å²) in [6, 6.07) is 9.47. The Balaban J connectivity index is 1.91. The molecule has 1 heterocycles. The van der Waals surface area contributed by atoms with Gasteiger partial charge in [0, 0.05) is 30.5 Å². The molecule has 2 aromatic carbocycles. The molecule has 1 aliphatic heterocycles. The minimum absolute atomic E-state index is 0.491. The molecule has 0 fully saturated rings. The van der Waals surface area contributed by atoms with E-state index in [1.165, 1.54) is 12.1 Å². The number of anilines is 2. The van der Waals surface area contributed by atoms with Crippen molar-refractivity contribution in [2.75, 3.05) is 17.2 Å². The average molecular weight is 274 g/mol. The first-order chi connectivity index (χ1) is 9.63. The van der Waals surface area contributed by atoms with Crippen LogP contribution in [0.2, 0.25) is 0 Å². The van der Waals surface area contributed by atoms with E-state index in [0.717, 1.165) is 42.4 Å². The lowest BCUT2D eigenvalue weighted by atomic mass is 9.99. The summed E-state index contributed by atoms with van der Waals surface area (Å²) in [4.78, 5) is 2.13. The summed E-state index contributed by atoms with van der Waals surface area (Å²) in [7, 11) is 0. The molecular formula is C16H16F2N2. The number of fused-ring (bicyclic) bond motifs is 1. The van der Waals surface area contributed by atoms with Crippen LogP contribution in [0.5, 0.6) is 0 Å². The maximum absolute atomic E-state index is 13.3. The highest BCUT2D eigenvalue weighted by molar-refractivity contribution is 5.66. The molecule has 1 aliphatic rings. The minimum Gasteiger partial charge on any atom is -0.398 e. The van der Waals surface area contributed by atoms with Gasteiger partial charge in [-0.25, -0.2) is 8.78 Å². The third-order valence-corrected chi connectivity index (χ3v) is 3.68. The van der Waals surface area contributed by atoms with Crippen molar-refractivity contribution >= 4 is 11.4 Å². The van der Waals surface area contributed by atoms with Crippen LogP contribution in [-0.4, -0.2) is 6.54 Å². The summed E-state index contributed by atoms with van der Waals surface area (Å²) in [5.74, 6) is -1.07. The van der Waals surface area contributed by atoms with Crippen molar-refractivity contribution in [3.05, 3.63) is 59.2 Å². The number of hydrogen-bond acceptors (Lipinski definition) is 2. The van der Waals surface area contributed by atoms with Crippen LogP contribution in [0.4, 0.5) is 20.2 Å². The largest absolute Gasteiger partial charge is 0.398 e. The van der Waals surface area contributed by atoms with Crippen LogP contribution in [0.15, 0.2) is 36.4 Å². The number of nitrogens with two attached hydrogens (primary N) is 1. The van der Waals surface area contributed by atoms with Crippen molar-refractivity contribution in [3.63, 3.8) is 0 Å². The number of hydrogen-bond donors (Lipinski definition) is 1. The Morgan fingerprint density at radius 2 is 1.85 bits per heavy atom. The monoisotopic (exact) mass is 274 g/mol. The van der Waals surface area contributed by atoms with E-state index in [9.17, 15) is 8.78 Å². The Labute approximate surface area is 116 Å². The number of halogens is 2. The average Bonchev–Trinajstić information content (AvgIpc) is 2.39. The standard InChI is InChI=1S/C16H16F2N2/c17-12-7-11(8-13(18)9-12)10-20-6-2-3-14-15(19)4-1-5-16(14)20/h1,4-5,7-9H,2-3,6,10,19H2. The predicted molar refractivity (Wildman–Crippen MR) is 76.6 cm³/mol. The first-order valence-electron chi connectivity index (χ1n) is 6.71. The lowest BCUT2D eigenvalue weighted by Crippen LogP contribution is -2.29. The summed E-state index contributed by atoms with van der Waals surface area (Å²) in [5.41, 5.74) is 9.63. The molecule has 0 spiro atoms. The summed E-state index contributed by atoms with van der Waals surface area (Å²) in [5, 5.41) is 0. The van der Waals surface area contributed by atoms with Gasteiger partial charge in [0.2, 0.25) is 0 Å². The summed E-state index contributed by atoms with van der Waals surface area (Å²) >= 11 is 0. The van der Waals surface area contributed by atoms with Gasteiger partial charge in [0.25, 0.3) is 0 Å². The molecule has 0 unspecified atom stereocenters. The molecule has 0 saturated carbocycles. The van der Waals surface area contributed by atoms with Gasteiger partial charge in [0.05, 0.1) is 0 Å². The zero-order valence-electron chi connectivity index (χ0n) is 11.1. The normalized spacial score (nSPS) is 14.2.